The van der Waals surface area contributed by atoms with Gasteiger partial charge in [-0.05, 0) is 25.0 Å². The molecule has 3 rings (SSSR count). The van der Waals surface area contributed by atoms with Crippen LogP contribution in [-0.2, 0) is 11.2 Å². The fourth-order valence-electron chi connectivity index (χ4n) is 2.88. The van der Waals surface area contributed by atoms with Crippen LogP contribution in [0.4, 0.5) is 5.69 Å². The molecule has 1 N–H and O–H groups in total. The molecule has 1 fully saturated rings. The molecular weight excluding hydrogens is 212 g/mol. The van der Waals surface area contributed by atoms with Crippen molar-refractivity contribution in [3.8, 4) is 0 Å². The number of benzene rings is 1. The molecule has 0 aliphatic carbocycles. The first-order valence-electron chi connectivity index (χ1n) is 6.53. The Labute approximate surface area is 103 Å². The number of ether oxygens (including phenoxy) is 1. The monoisotopic (exact) mass is 232 g/mol. The molecule has 0 aromatic heterocycles. The van der Waals surface area contributed by atoms with Crippen molar-refractivity contribution in [3.63, 3.8) is 0 Å². The van der Waals surface area contributed by atoms with Crippen LogP contribution in [0.2, 0.25) is 0 Å². The Balaban J connectivity index is 1.76. The molecule has 1 aromatic rings. The average molecular weight is 232 g/mol. The maximum Gasteiger partial charge on any atom is 0.0900 e. The number of hydrogen-bond donors (Lipinski definition) is 1. The minimum atomic E-state index is 0.315. The normalized spacial score (nSPS) is 25.7. The molecule has 0 bridgehead atoms. The molecular formula is C14H20N2O. The molecule has 2 atom stereocenters. The molecule has 3 heteroatoms. The zero-order valence-corrected chi connectivity index (χ0v) is 10.4. The minimum absolute atomic E-state index is 0.315. The van der Waals surface area contributed by atoms with Crippen LogP contribution >= 0.6 is 0 Å². The van der Waals surface area contributed by atoms with E-state index < -0.39 is 0 Å². The number of nitrogens with one attached hydrogen (secondary N) is 1. The molecule has 0 saturated carbocycles. The summed E-state index contributed by atoms with van der Waals surface area (Å²) in [6.07, 6.45) is 1.48. The van der Waals surface area contributed by atoms with Gasteiger partial charge in [-0.3, -0.25) is 0 Å². The summed E-state index contributed by atoms with van der Waals surface area (Å²) in [4.78, 5) is 2.49. The van der Waals surface area contributed by atoms with Gasteiger partial charge in [0.2, 0.25) is 0 Å². The van der Waals surface area contributed by atoms with E-state index in [2.05, 4.69) is 41.4 Å². The fraction of sp³-hybridized carbons (Fsp3) is 0.571. The van der Waals surface area contributed by atoms with Crippen LogP contribution in [0.1, 0.15) is 12.5 Å². The summed E-state index contributed by atoms with van der Waals surface area (Å²) in [6.45, 7) is 6.20. The summed E-state index contributed by atoms with van der Waals surface area (Å²) in [7, 11) is 0. The minimum Gasteiger partial charge on any atom is -0.373 e. The highest BCUT2D eigenvalue weighted by Crippen LogP contribution is 2.30. The third kappa shape index (κ3) is 2.05. The number of hydrogen-bond acceptors (Lipinski definition) is 3. The standard InChI is InChI=1S/C14H20N2O/c1-11(14-10-15-7-9-17-14)16-8-6-12-4-2-3-5-13(12)16/h2-5,11,14-15H,6-10H2,1H3. The molecule has 2 aliphatic heterocycles. The van der Waals surface area contributed by atoms with E-state index in [9.17, 15) is 0 Å². The van der Waals surface area contributed by atoms with Gasteiger partial charge in [-0.1, -0.05) is 18.2 Å². The van der Waals surface area contributed by atoms with Crippen molar-refractivity contribution in [2.75, 3.05) is 31.1 Å². The van der Waals surface area contributed by atoms with E-state index in [4.69, 9.17) is 4.74 Å². The van der Waals surface area contributed by atoms with Crippen molar-refractivity contribution in [1.29, 1.82) is 0 Å². The van der Waals surface area contributed by atoms with Gasteiger partial charge in [0, 0.05) is 25.3 Å². The Bertz CT molecular complexity index is 388. The van der Waals surface area contributed by atoms with Gasteiger partial charge in [-0.15, -0.1) is 0 Å². The van der Waals surface area contributed by atoms with Crippen molar-refractivity contribution in [2.24, 2.45) is 0 Å². The van der Waals surface area contributed by atoms with Gasteiger partial charge in [0.1, 0.15) is 0 Å². The number of para-hydroxylation sites is 1. The van der Waals surface area contributed by atoms with Gasteiger partial charge in [0.25, 0.3) is 0 Å². The van der Waals surface area contributed by atoms with Crippen LogP contribution in [0.3, 0.4) is 0 Å². The molecule has 2 unspecified atom stereocenters. The number of rotatable bonds is 2. The predicted molar refractivity (Wildman–Crippen MR) is 69.6 cm³/mol. The van der Waals surface area contributed by atoms with Crippen molar-refractivity contribution in [3.05, 3.63) is 29.8 Å². The van der Waals surface area contributed by atoms with E-state index >= 15 is 0 Å². The first-order chi connectivity index (χ1) is 8.36. The number of morpholine rings is 1. The van der Waals surface area contributed by atoms with E-state index in [1.807, 2.05) is 0 Å². The molecule has 17 heavy (non-hydrogen) atoms. The summed E-state index contributed by atoms with van der Waals surface area (Å²) in [5.74, 6) is 0. The molecule has 0 spiro atoms. The van der Waals surface area contributed by atoms with E-state index in [1.165, 1.54) is 17.7 Å². The lowest BCUT2D eigenvalue weighted by molar-refractivity contribution is 0.0148. The zero-order chi connectivity index (χ0) is 11.7. The Morgan fingerprint density at radius 1 is 1.41 bits per heavy atom. The van der Waals surface area contributed by atoms with Crippen molar-refractivity contribution in [1.82, 2.24) is 5.32 Å². The summed E-state index contributed by atoms with van der Waals surface area (Å²) in [5, 5.41) is 3.41. The van der Waals surface area contributed by atoms with Gasteiger partial charge < -0.3 is 15.0 Å². The number of nitrogens with zero attached hydrogens (tertiary/aromatic N) is 1. The maximum absolute atomic E-state index is 5.86. The topological polar surface area (TPSA) is 24.5 Å². The third-order valence-electron chi connectivity index (χ3n) is 3.91. The van der Waals surface area contributed by atoms with Crippen LogP contribution in [-0.4, -0.2) is 38.4 Å². The smallest absolute Gasteiger partial charge is 0.0900 e. The Hall–Kier alpha value is -1.06. The van der Waals surface area contributed by atoms with E-state index in [0.717, 1.165) is 26.2 Å². The highest BCUT2D eigenvalue weighted by molar-refractivity contribution is 5.58. The van der Waals surface area contributed by atoms with Crippen LogP contribution in [0.15, 0.2) is 24.3 Å². The van der Waals surface area contributed by atoms with E-state index in [0.29, 0.717) is 12.1 Å². The molecule has 0 radical (unpaired) electrons. The molecule has 2 heterocycles. The molecule has 1 saturated heterocycles. The lowest BCUT2D eigenvalue weighted by atomic mass is 10.1. The summed E-state index contributed by atoms with van der Waals surface area (Å²) >= 11 is 0. The van der Waals surface area contributed by atoms with Gasteiger partial charge in [-0.25, -0.2) is 0 Å². The molecule has 92 valence electrons. The molecule has 1 aromatic carbocycles. The number of anilines is 1. The lowest BCUT2D eigenvalue weighted by Crippen LogP contribution is -2.50. The maximum atomic E-state index is 5.86. The Morgan fingerprint density at radius 2 is 2.29 bits per heavy atom. The first kappa shape index (κ1) is 11.1. The SMILES string of the molecule is CC(C1CNCCO1)N1CCc2ccccc21. The van der Waals surface area contributed by atoms with Crippen LogP contribution < -0.4 is 10.2 Å². The third-order valence-corrected chi connectivity index (χ3v) is 3.91. The van der Waals surface area contributed by atoms with E-state index in [-0.39, 0.29) is 0 Å². The highest BCUT2D eigenvalue weighted by atomic mass is 16.5. The van der Waals surface area contributed by atoms with Gasteiger partial charge in [0.15, 0.2) is 0 Å². The predicted octanol–water partition coefficient (Wildman–Crippen LogP) is 1.43. The average Bonchev–Trinajstić information content (AvgIpc) is 2.83. The summed E-state index contributed by atoms with van der Waals surface area (Å²) < 4.78 is 5.86. The first-order valence-corrected chi connectivity index (χ1v) is 6.53. The quantitative estimate of drug-likeness (QED) is 0.835. The van der Waals surface area contributed by atoms with Crippen LogP contribution in [0, 0.1) is 0 Å². The van der Waals surface area contributed by atoms with Crippen LogP contribution in [0.25, 0.3) is 0 Å². The summed E-state index contributed by atoms with van der Waals surface area (Å²) in [5.41, 5.74) is 2.87. The second kappa shape index (κ2) is 4.67. The van der Waals surface area contributed by atoms with Gasteiger partial charge in [-0.2, -0.15) is 0 Å². The number of fused-ring (bicyclic) bond motifs is 1. The summed E-state index contributed by atoms with van der Waals surface area (Å²) in [6, 6.07) is 9.18. The molecule has 2 aliphatic rings. The fourth-order valence-corrected chi connectivity index (χ4v) is 2.88. The Kier molecular flexibility index (Phi) is 3.04. The largest absolute Gasteiger partial charge is 0.373 e. The van der Waals surface area contributed by atoms with E-state index in [1.54, 1.807) is 0 Å². The second-order valence-electron chi connectivity index (χ2n) is 4.93. The second-order valence-corrected chi connectivity index (χ2v) is 4.93. The highest BCUT2D eigenvalue weighted by Gasteiger charge is 2.29. The molecule has 0 amide bonds. The van der Waals surface area contributed by atoms with Crippen molar-refractivity contribution in [2.45, 2.75) is 25.5 Å². The van der Waals surface area contributed by atoms with Gasteiger partial charge >= 0.3 is 0 Å². The zero-order valence-electron chi connectivity index (χ0n) is 10.4. The van der Waals surface area contributed by atoms with Crippen LogP contribution in [0.5, 0.6) is 0 Å². The molecule has 3 nitrogen and oxygen atoms in total. The van der Waals surface area contributed by atoms with Crippen molar-refractivity contribution < 1.29 is 4.74 Å². The van der Waals surface area contributed by atoms with Crippen molar-refractivity contribution >= 4 is 5.69 Å². The van der Waals surface area contributed by atoms with Gasteiger partial charge in [0.05, 0.1) is 18.8 Å². The lowest BCUT2D eigenvalue weighted by Gasteiger charge is -2.36. The Morgan fingerprint density at radius 3 is 3.12 bits per heavy atom.